The Hall–Kier alpha value is -2.17. The van der Waals surface area contributed by atoms with Crippen LogP contribution in [0, 0.1) is 5.92 Å². The van der Waals surface area contributed by atoms with E-state index in [1.807, 2.05) is 42.5 Å². The van der Waals surface area contributed by atoms with Gasteiger partial charge in [-0.2, -0.15) is 0 Å². The molecular weight excluding hydrogens is 300 g/mol. The lowest BCUT2D eigenvalue weighted by molar-refractivity contribution is -0.125. The minimum Gasteiger partial charge on any atom is -0.497 e. The molecule has 1 heterocycles. The summed E-state index contributed by atoms with van der Waals surface area (Å²) in [6, 6.07) is 18.6. The Kier molecular flexibility index (Phi) is 4.08. The van der Waals surface area contributed by atoms with Gasteiger partial charge in [0.05, 0.1) is 19.1 Å². The number of hydrazine groups is 1. The normalized spacial score (nSPS) is 29.3. The zero-order valence-corrected chi connectivity index (χ0v) is 13.7. The highest BCUT2D eigenvalue weighted by atomic mass is 16.5. The van der Waals surface area contributed by atoms with Crippen LogP contribution < -0.4 is 15.6 Å². The number of benzene rings is 2. The van der Waals surface area contributed by atoms with Crippen LogP contribution in [0.3, 0.4) is 0 Å². The minimum absolute atomic E-state index is 0.00152. The molecule has 0 spiro atoms. The van der Waals surface area contributed by atoms with E-state index in [1.54, 1.807) is 7.11 Å². The molecular formula is C20H22N2O2. The summed E-state index contributed by atoms with van der Waals surface area (Å²) in [4.78, 5) is 12.9. The third-order valence-corrected chi connectivity index (χ3v) is 5.32. The largest absolute Gasteiger partial charge is 0.497 e. The first-order valence-corrected chi connectivity index (χ1v) is 8.49. The third-order valence-electron chi connectivity index (χ3n) is 5.32. The predicted molar refractivity (Wildman–Crippen MR) is 92.7 cm³/mol. The van der Waals surface area contributed by atoms with Crippen molar-refractivity contribution in [3.8, 4) is 5.75 Å². The van der Waals surface area contributed by atoms with E-state index in [0.29, 0.717) is 18.1 Å². The van der Waals surface area contributed by atoms with Crippen molar-refractivity contribution in [2.24, 2.45) is 5.92 Å². The Morgan fingerprint density at radius 3 is 2.42 bits per heavy atom. The highest BCUT2D eigenvalue weighted by Gasteiger charge is 2.46. The molecule has 2 aromatic rings. The van der Waals surface area contributed by atoms with Gasteiger partial charge in [-0.1, -0.05) is 42.5 Å². The maximum absolute atomic E-state index is 12.9. The molecule has 2 N–H and O–H groups in total. The van der Waals surface area contributed by atoms with Gasteiger partial charge in [0.25, 0.3) is 0 Å². The number of rotatable bonds is 3. The summed E-state index contributed by atoms with van der Waals surface area (Å²) >= 11 is 0. The molecule has 4 nitrogen and oxygen atoms in total. The number of ether oxygens (including phenoxy) is 1. The fourth-order valence-corrected chi connectivity index (χ4v) is 4.07. The van der Waals surface area contributed by atoms with Crippen molar-refractivity contribution < 1.29 is 9.53 Å². The predicted octanol–water partition coefficient (Wildman–Crippen LogP) is 2.98. The van der Waals surface area contributed by atoms with Gasteiger partial charge in [-0.25, -0.2) is 5.43 Å². The number of carbonyl (C=O) groups is 1. The summed E-state index contributed by atoms with van der Waals surface area (Å²) in [6.07, 6.45) is 1.61. The Morgan fingerprint density at radius 1 is 0.958 bits per heavy atom. The monoisotopic (exact) mass is 322 g/mol. The van der Waals surface area contributed by atoms with Crippen LogP contribution in [0.5, 0.6) is 5.75 Å². The van der Waals surface area contributed by atoms with Crippen LogP contribution in [-0.2, 0) is 4.79 Å². The first-order valence-electron chi connectivity index (χ1n) is 8.49. The van der Waals surface area contributed by atoms with Crippen molar-refractivity contribution in [1.82, 2.24) is 10.9 Å². The lowest BCUT2D eigenvalue weighted by Gasteiger charge is -2.32. The average Bonchev–Trinajstić information content (AvgIpc) is 3.07. The van der Waals surface area contributed by atoms with Crippen molar-refractivity contribution in [3.05, 3.63) is 65.7 Å². The summed E-state index contributed by atoms with van der Waals surface area (Å²) in [5, 5.41) is 0. The van der Waals surface area contributed by atoms with Crippen LogP contribution in [0.15, 0.2) is 54.6 Å². The van der Waals surface area contributed by atoms with Gasteiger partial charge in [0, 0.05) is 12.5 Å². The van der Waals surface area contributed by atoms with Gasteiger partial charge in [-0.3, -0.25) is 10.2 Å². The molecule has 1 aliphatic heterocycles. The number of Topliss-reactive ketones (excluding diaryl/α,β-unsaturated/α-hetero) is 1. The smallest absolute Gasteiger partial charge is 0.140 e. The van der Waals surface area contributed by atoms with Crippen LogP contribution in [-0.4, -0.2) is 18.9 Å². The first kappa shape index (κ1) is 15.4. The van der Waals surface area contributed by atoms with Gasteiger partial charge in [-0.05, 0) is 35.6 Å². The highest BCUT2D eigenvalue weighted by molar-refractivity contribution is 5.85. The molecule has 24 heavy (non-hydrogen) atoms. The van der Waals surface area contributed by atoms with E-state index in [-0.39, 0.29) is 18.0 Å². The molecule has 0 amide bonds. The number of hydrogen-bond acceptors (Lipinski definition) is 4. The van der Waals surface area contributed by atoms with E-state index >= 15 is 0 Å². The Labute approximate surface area is 142 Å². The molecule has 0 aromatic heterocycles. The number of ketones is 1. The zero-order chi connectivity index (χ0) is 16.5. The Morgan fingerprint density at radius 2 is 1.71 bits per heavy atom. The second-order valence-corrected chi connectivity index (χ2v) is 6.69. The van der Waals surface area contributed by atoms with Gasteiger partial charge < -0.3 is 4.74 Å². The molecule has 4 unspecified atom stereocenters. The second kappa shape index (κ2) is 6.38. The van der Waals surface area contributed by atoms with E-state index in [1.165, 1.54) is 5.56 Å². The Balaban J connectivity index is 1.54. The van der Waals surface area contributed by atoms with Gasteiger partial charge in [-0.15, -0.1) is 0 Å². The van der Waals surface area contributed by atoms with E-state index in [4.69, 9.17) is 4.74 Å². The van der Waals surface area contributed by atoms with Crippen molar-refractivity contribution >= 4 is 5.78 Å². The quantitative estimate of drug-likeness (QED) is 0.912. The SMILES string of the molecule is COc1ccc(C2NNC3CC(c4ccccc4)CC(=O)C32)cc1. The van der Waals surface area contributed by atoms with Gasteiger partial charge in [0.2, 0.25) is 0 Å². The average molecular weight is 322 g/mol. The van der Waals surface area contributed by atoms with Crippen LogP contribution >= 0.6 is 0 Å². The van der Waals surface area contributed by atoms with E-state index in [9.17, 15) is 4.79 Å². The number of nitrogens with one attached hydrogen (secondary N) is 2. The molecule has 2 aliphatic rings. The third kappa shape index (κ3) is 2.72. The number of hydrogen-bond donors (Lipinski definition) is 2. The van der Waals surface area contributed by atoms with Crippen molar-refractivity contribution in [2.45, 2.75) is 30.8 Å². The Bertz CT molecular complexity index is 714. The molecule has 124 valence electrons. The fraction of sp³-hybridized carbons (Fsp3) is 0.350. The molecule has 4 rings (SSSR count). The number of fused-ring (bicyclic) bond motifs is 1. The molecule has 1 aliphatic carbocycles. The van der Waals surface area contributed by atoms with Crippen LogP contribution in [0.4, 0.5) is 0 Å². The van der Waals surface area contributed by atoms with Crippen molar-refractivity contribution in [2.75, 3.05) is 7.11 Å². The van der Waals surface area contributed by atoms with Crippen LogP contribution in [0.2, 0.25) is 0 Å². The van der Waals surface area contributed by atoms with Gasteiger partial charge >= 0.3 is 0 Å². The van der Waals surface area contributed by atoms with E-state index < -0.39 is 0 Å². The maximum atomic E-state index is 12.9. The molecule has 2 aromatic carbocycles. The molecule has 1 saturated heterocycles. The summed E-state index contributed by atoms with van der Waals surface area (Å²) in [5.41, 5.74) is 9.10. The lowest BCUT2D eigenvalue weighted by Crippen LogP contribution is -2.39. The number of methoxy groups -OCH3 is 1. The number of carbonyl (C=O) groups excluding carboxylic acids is 1. The van der Waals surface area contributed by atoms with Crippen LogP contribution in [0.25, 0.3) is 0 Å². The van der Waals surface area contributed by atoms with Gasteiger partial charge in [0.15, 0.2) is 0 Å². The summed E-state index contributed by atoms with van der Waals surface area (Å²) in [5.74, 6) is 1.49. The van der Waals surface area contributed by atoms with Crippen molar-refractivity contribution in [1.29, 1.82) is 0 Å². The topological polar surface area (TPSA) is 50.4 Å². The highest BCUT2D eigenvalue weighted by Crippen LogP contribution is 2.41. The molecule has 1 saturated carbocycles. The molecule has 2 fully saturated rings. The summed E-state index contributed by atoms with van der Waals surface area (Å²) in [6.45, 7) is 0. The molecule has 4 heteroatoms. The summed E-state index contributed by atoms with van der Waals surface area (Å²) < 4.78 is 5.22. The van der Waals surface area contributed by atoms with E-state index in [0.717, 1.165) is 17.7 Å². The molecule has 4 atom stereocenters. The zero-order valence-electron chi connectivity index (χ0n) is 13.7. The first-order chi connectivity index (χ1) is 11.8. The molecule has 0 radical (unpaired) electrons. The standard InChI is InChI=1S/C20H22N2O2/c1-24-16-9-7-14(8-10-16)20-19-17(21-22-20)11-15(12-18(19)23)13-5-3-2-4-6-13/h2-10,15,17,19-22H,11-12H2,1H3. The lowest BCUT2D eigenvalue weighted by atomic mass is 9.72. The second-order valence-electron chi connectivity index (χ2n) is 6.69. The van der Waals surface area contributed by atoms with Crippen LogP contribution in [0.1, 0.15) is 35.9 Å². The minimum atomic E-state index is -0.00152. The summed E-state index contributed by atoms with van der Waals surface area (Å²) in [7, 11) is 1.66. The van der Waals surface area contributed by atoms with Crippen molar-refractivity contribution in [3.63, 3.8) is 0 Å². The van der Waals surface area contributed by atoms with Gasteiger partial charge in [0.1, 0.15) is 11.5 Å². The maximum Gasteiger partial charge on any atom is 0.140 e. The molecule has 0 bridgehead atoms. The van der Waals surface area contributed by atoms with E-state index in [2.05, 4.69) is 23.0 Å². The fourth-order valence-electron chi connectivity index (χ4n) is 4.07.